The molecule has 0 fully saturated rings. The van der Waals surface area contributed by atoms with Gasteiger partial charge in [-0.3, -0.25) is 4.79 Å². The number of hydrogen-bond acceptors (Lipinski definition) is 2. The Kier molecular flexibility index (Phi) is 3.04. The van der Waals surface area contributed by atoms with Gasteiger partial charge in [-0.1, -0.05) is 0 Å². The molecule has 80 valence electrons. The van der Waals surface area contributed by atoms with Crippen molar-refractivity contribution < 1.29 is 19.1 Å². The van der Waals surface area contributed by atoms with Crippen LogP contribution in [-0.2, 0) is 4.79 Å². The molecule has 5 heteroatoms. The molecule has 0 aromatic heterocycles. The summed E-state index contributed by atoms with van der Waals surface area (Å²) in [5.41, 5.74) is -0.104. The molecule has 0 radical (unpaired) electrons. The molecule has 0 bridgehead atoms. The molecule has 1 aromatic carbocycles. The van der Waals surface area contributed by atoms with E-state index in [1.807, 2.05) is 0 Å². The number of rotatable bonds is 2. The summed E-state index contributed by atoms with van der Waals surface area (Å²) >= 11 is 0. The topological polar surface area (TPSA) is 66.4 Å². The SMILES string of the molecule is CC(=O)Nc1ccc(F)c(C)c1C(=O)O. The largest absolute Gasteiger partial charge is 0.478 e. The fraction of sp³-hybridized carbons (Fsp3) is 0.200. The number of carboxylic acid groups (broad SMARTS) is 1. The maximum atomic E-state index is 13.1. The molecule has 1 amide bonds. The average molecular weight is 211 g/mol. The summed E-state index contributed by atoms with van der Waals surface area (Å²) in [5, 5.41) is 11.2. The predicted molar refractivity (Wildman–Crippen MR) is 52.4 cm³/mol. The van der Waals surface area contributed by atoms with Crippen LogP contribution >= 0.6 is 0 Å². The van der Waals surface area contributed by atoms with Crippen LogP contribution in [0.1, 0.15) is 22.8 Å². The Balaban J connectivity index is 3.33. The number of carboxylic acids is 1. The number of anilines is 1. The van der Waals surface area contributed by atoms with Crippen LogP contribution in [0.4, 0.5) is 10.1 Å². The van der Waals surface area contributed by atoms with Gasteiger partial charge in [0.05, 0.1) is 11.3 Å². The lowest BCUT2D eigenvalue weighted by atomic mass is 10.1. The molecule has 1 aromatic rings. The number of carbonyl (C=O) groups excluding carboxylic acids is 1. The Labute approximate surface area is 85.7 Å². The molecule has 0 spiro atoms. The highest BCUT2D eigenvalue weighted by molar-refractivity contribution is 6.01. The van der Waals surface area contributed by atoms with Gasteiger partial charge in [0.15, 0.2) is 0 Å². The van der Waals surface area contributed by atoms with Gasteiger partial charge < -0.3 is 10.4 Å². The van der Waals surface area contributed by atoms with Crippen molar-refractivity contribution in [3.05, 3.63) is 29.1 Å². The first-order chi connectivity index (χ1) is 6.93. The van der Waals surface area contributed by atoms with Gasteiger partial charge in [0.25, 0.3) is 0 Å². The van der Waals surface area contributed by atoms with Gasteiger partial charge >= 0.3 is 5.97 Å². The molecule has 4 nitrogen and oxygen atoms in total. The van der Waals surface area contributed by atoms with E-state index in [1.54, 1.807) is 0 Å². The number of halogens is 1. The second kappa shape index (κ2) is 4.08. The Morgan fingerprint density at radius 3 is 2.47 bits per heavy atom. The zero-order chi connectivity index (χ0) is 11.6. The first-order valence-corrected chi connectivity index (χ1v) is 4.23. The first-order valence-electron chi connectivity index (χ1n) is 4.23. The third kappa shape index (κ3) is 2.31. The minimum atomic E-state index is -1.27. The molecule has 0 aliphatic rings. The van der Waals surface area contributed by atoms with E-state index in [-0.39, 0.29) is 16.8 Å². The molecule has 1 rings (SSSR count). The fourth-order valence-electron chi connectivity index (χ4n) is 1.26. The van der Waals surface area contributed by atoms with Gasteiger partial charge in [-0.2, -0.15) is 0 Å². The van der Waals surface area contributed by atoms with Crippen molar-refractivity contribution >= 4 is 17.6 Å². The van der Waals surface area contributed by atoms with E-state index in [9.17, 15) is 14.0 Å². The fourth-order valence-corrected chi connectivity index (χ4v) is 1.26. The lowest BCUT2D eigenvalue weighted by Gasteiger charge is -2.09. The molecule has 0 atom stereocenters. The van der Waals surface area contributed by atoms with Crippen LogP contribution in [0.15, 0.2) is 12.1 Å². The van der Waals surface area contributed by atoms with Gasteiger partial charge in [0.1, 0.15) is 5.82 Å². The average Bonchev–Trinajstić information content (AvgIpc) is 2.10. The summed E-state index contributed by atoms with van der Waals surface area (Å²) in [5.74, 6) is -2.28. The summed E-state index contributed by atoms with van der Waals surface area (Å²) in [4.78, 5) is 21.6. The molecule has 0 unspecified atom stereocenters. The molecule has 0 saturated heterocycles. The van der Waals surface area contributed by atoms with E-state index in [0.29, 0.717) is 0 Å². The van der Waals surface area contributed by atoms with Crippen LogP contribution in [0, 0.1) is 12.7 Å². The van der Waals surface area contributed by atoms with E-state index < -0.39 is 17.7 Å². The molecular weight excluding hydrogens is 201 g/mol. The number of aromatic carboxylic acids is 1. The van der Waals surface area contributed by atoms with Crippen molar-refractivity contribution in [3.8, 4) is 0 Å². The van der Waals surface area contributed by atoms with Gasteiger partial charge in [-0.15, -0.1) is 0 Å². The van der Waals surface area contributed by atoms with E-state index in [1.165, 1.54) is 19.9 Å². The number of benzene rings is 1. The highest BCUT2D eigenvalue weighted by atomic mass is 19.1. The van der Waals surface area contributed by atoms with Crippen molar-refractivity contribution in [2.45, 2.75) is 13.8 Å². The Hall–Kier alpha value is -1.91. The van der Waals surface area contributed by atoms with Crippen LogP contribution in [0.25, 0.3) is 0 Å². The summed E-state index contributed by atoms with van der Waals surface area (Å²) in [6, 6.07) is 2.35. The number of hydrogen-bond donors (Lipinski definition) is 2. The zero-order valence-corrected chi connectivity index (χ0v) is 8.30. The second-order valence-corrected chi connectivity index (χ2v) is 3.08. The second-order valence-electron chi connectivity index (χ2n) is 3.08. The van der Waals surface area contributed by atoms with Crippen molar-refractivity contribution in [3.63, 3.8) is 0 Å². The highest BCUT2D eigenvalue weighted by Gasteiger charge is 2.16. The first kappa shape index (κ1) is 11.2. The summed E-state index contributed by atoms with van der Waals surface area (Å²) in [7, 11) is 0. The van der Waals surface area contributed by atoms with Gasteiger partial charge in [0.2, 0.25) is 5.91 Å². The molecule has 0 saturated carbocycles. The van der Waals surface area contributed by atoms with E-state index >= 15 is 0 Å². The highest BCUT2D eigenvalue weighted by Crippen LogP contribution is 2.22. The summed E-state index contributed by atoms with van der Waals surface area (Å²) in [6.45, 7) is 2.61. The molecule has 15 heavy (non-hydrogen) atoms. The zero-order valence-electron chi connectivity index (χ0n) is 8.30. The van der Waals surface area contributed by atoms with Crippen molar-refractivity contribution in [2.75, 3.05) is 5.32 Å². The van der Waals surface area contributed by atoms with Gasteiger partial charge in [-0.05, 0) is 19.1 Å². The predicted octanol–water partition coefficient (Wildman–Crippen LogP) is 1.79. The molecular formula is C10H10FNO3. The lowest BCUT2D eigenvalue weighted by Crippen LogP contribution is -2.12. The standard InChI is InChI=1S/C10H10FNO3/c1-5-7(11)3-4-8(12-6(2)13)9(5)10(14)15/h3-4H,1-2H3,(H,12,13)(H,14,15). The van der Waals surface area contributed by atoms with E-state index in [2.05, 4.69) is 5.32 Å². The number of nitrogens with one attached hydrogen (secondary N) is 1. The van der Waals surface area contributed by atoms with E-state index in [4.69, 9.17) is 5.11 Å². The quantitative estimate of drug-likeness (QED) is 0.783. The van der Waals surface area contributed by atoms with Crippen molar-refractivity contribution in [2.24, 2.45) is 0 Å². The minimum Gasteiger partial charge on any atom is -0.478 e. The normalized spacial score (nSPS) is 9.80. The van der Waals surface area contributed by atoms with E-state index in [0.717, 1.165) is 6.07 Å². The number of amides is 1. The van der Waals surface area contributed by atoms with Crippen LogP contribution in [0.5, 0.6) is 0 Å². The van der Waals surface area contributed by atoms with Crippen molar-refractivity contribution in [1.82, 2.24) is 0 Å². The smallest absolute Gasteiger partial charge is 0.338 e. The minimum absolute atomic E-state index is 0.00810. The maximum Gasteiger partial charge on any atom is 0.338 e. The third-order valence-corrected chi connectivity index (χ3v) is 1.92. The van der Waals surface area contributed by atoms with Gasteiger partial charge in [-0.25, -0.2) is 9.18 Å². The van der Waals surface area contributed by atoms with Crippen LogP contribution in [0.3, 0.4) is 0 Å². The van der Waals surface area contributed by atoms with Crippen LogP contribution in [0.2, 0.25) is 0 Å². The third-order valence-electron chi connectivity index (χ3n) is 1.92. The van der Waals surface area contributed by atoms with Crippen LogP contribution in [-0.4, -0.2) is 17.0 Å². The summed E-state index contributed by atoms with van der Waals surface area (Å²) < 4.78 is 13.1. The summed E-state index contributed by atoms with van der Waals surface area (Å²) in [6.07, 6.45) is 0. The molecule has 2 N–H and O–H groups in total. The monoisotopic (exact) mass is 211 g/mol. The Morgan fingerprint density at radius 2 is 2.00 bits per heavy atom. The van der Waals surface area contributed by atoms with Crippen molar-refractivity contribution in [1.29, 1.82) is 0 Å². The Morgan fingerprint density at radius 1 is 1.40 bits per heavy atom. The maximum absolute atomic E-state index is 13.1. The molecule has 0 heterocycles. The van der Waals surface area contributed by atoms with Crippen LogP contribution < -0.4 is 5.32 Å². The lowest BCUT2D eigenvalue weighted by molar-refractivity contribution is -0.114. The Bertz CT molecular complexity index is 429. The molecule has 0 aliphatic carbocycles. The molecule has 0 aliphatic heterocycles. The number of carbonyl (C=O) groups is 2. The van der Waals surface area contributed by atoms with Gasteiger partial charge in [0, 0.05) is 12.5 Å².